The lowest BCUT2D eigenvalue weighted by Crippen LogP contribution is -2.46. The van der Waals surface area contributed by atoms with E-state index in [2.05, 4.69) is 10.6 Å². The predicted octanol–water partition coefficient (Wildman–Crippen LogP) is 2.44. The van der Waals surface area contributed by atoms with Crippen molar-refractivity contribution in [1.29, 1.82) is 0 Å². The summed E-state index contributed by atoms with van der Waals surface area (Å²) in [6.07, 6.45) is 0. The second-order valence-electron chi connectivity index (χ2n) is 6.44. The minimum Gasteiger partial charge on any atom is -0.489 e. The molecule has 0 spiro atoms. The number of nitrogens with two attached hydrogens (primary N) is 1. The molecule has 2 aromatic carbocycles. The zero-order chi connectivity index (χ0) is 19.8. The molecule has 0 aliphatic heterocycles. The van der Waals surface area contributed by atoms with Crippen LogP contribution in [0.2, 0.25) is 0 Å². The van der Waals surface area contributed by atoms with Crippen LogP contribution in [0.15, 0.2) is 48.5 Å². The number of nitrogens with one attached hydrogen (secondary N) is 2. The van der Waals surface area contributed by atoms with Gasteiger partial charge in [0.25, 0.3) is 0 Å². The molecule has 0 radical (unpaired) electrons. The number of hydrogen-bond acceptors (Lipinski definition) is 4. The molecule has 0 unspecified atom stereocenters. The molecule has 2 aromatic rings. The largest absolute Gasteiger partial charge is 0.489 e. The van der Waals surface area contributed by atoms with Crippen LogP contribution in [0.5, 0.6) is 5.75 Å². The smallest absolute Gasteiger partial charge is 0.243 e. The molecule has 0 fully saturated rings. The second-order valence-corrected chi connectivity index (χ2v) is 6.44. The minimum atomic E-state index is -0.649. The van der Waals surface area contributed by atoms with Crippen molar-refractivity contribution in [3.05, 3.63) is 59.9 Å². The molecule has 7 heteroatoms. The number of amides is 2. The van der Waals surface area contributed by atoms with Crippen LogP contribution in [0.25, 0.3) is 0 Å². The van der Waals surface area contributed by atoms with E-state index in [0.717, 1.165) is 0 Å². The average Bonchev–Trinajstić information content (AvgIpc) is 2.66. The molecule has 27 heavy (non-hydrogen) atoms. The molecule has 0 aliphatic carbocycles. The SMILES string of the molecule is CC(C)[C@H](N)C(=O)NCC(=O)Nc1ccc(OCc2ccccc2F)cc1. The Kier molecular flexibility index (Phi) is 7.31. The molecule has 0 heterocycles. The highest BCUT2D eigenvalue weighted by Crippen LogP contribution is 2.17. The van der Waals surface area contributed by atoms with Crippen LogP contribution in [-0.4, -0.2) is 24.4 Å². The standard InChI is InChI=1S/C20H24FN3O3/c1-13(2)19(22)20(26)23-11-18(25)24-15-7-9-16(10-8-15)27-12-14-5-3-4-6-17(14)21/h3-10,13,19H,11-12,22H2,1-2H3,(H,23,26)(H,24,25)/t19-/m0/s1. The third kappa shape index (κ3) is 6.38. The van der Waals surface area contributed by atoms with Gasteiger partial charge in [0.05, 0.1) is 12.6 Å². The molecule has 1 atom stereocenters. The number of carbonyl (C=O) groups excluding carboxylic acids is 2. The van der Waals surface area contributed by atoms with Crippen molar-refractivity contribution in [2.24, 2.45) is 11.7 Å². The van der Waals surface area contributed by atoms with Crippen molar-refractivity contribution in [2.75, 3.05) is 11.9 Å². The highest BCUT2D eigenvalue weighted by atomic mass is 19.1. The number of halogens is 1. The van der Waals surface area contributed by atoms with Crippen molar-refractivity contribution < 1.29 is 18.7 Å². The normalized spacial score (nSPS) is 11.7. The van der Waals surface area contributed by atoms with Gasteiger partial charge in [-0.15, -0.1) is 0 Å². The van der Waals surface area contributed by atoms with Gasteiger partial charge in [0.15, 0.2) is 0 Å². The van der Waals surface area contributed by atoms with Crippen LogP contribution in [0.3, 0.4) is 0 Å². The zero-order valence-electron chi connectivity index (χ0n) is 15.4. The zero-order valence-corrected chi connectivity index (χ0v) is 15.4. The lowest BCUT2D eigenvalue weighted by Gasteiger charge is -2.15. The molecule has 2 rings (SSSR count). The highest BCUT2D eigenvalue weighted by molar-refractivity contribution is 5.95. The van der Waals surface area contributed by atoms with E-state index in [1.54, 1.807) is 42.5 Å². The summed E-state index contributed by atoms with van der Waals surface area (Å²) in [5, 5.41) is 5.17. The van der Waals surface area contributed by atoms with Gasteiger partial charge in [-0.05, 0) is 36.2 Å². The van der Waals surface area contributed by atoms with E-state index in [4.69, 9.17) is 10.5 Å². The third-order valence-electron chi connectivity index (χ3n) is 3.93. The second kappa shape index (κ2) is 9.68. The van der Waals surface area contributed by atoms with E-state index >= 15 is 0 Å². The Morgan fingerprint density at radius 3 is 2.41 bits per heavy atom. The topological polar surface area (TPSA) is 93.5 Å². The number of carbonyl (C=O) groups is 2. The highest BCUT2D eigenvalue weighted by Gasteiger charge is 2.17. The van der Waals surface area contributed by atoms with Crippen LogP contribution in [0.4, 0.5) is 10.1 Å². The Bertz CT molecular complexity index is 778. The summed E-state index contributed by atoms with van der Waals surface area (Å²) in [4.78, 5) is 23.6. The molecule has 2 amide bonds. The maximum Gasteiger partial charge on any atom is 0.243 e. The van der Waals surface area contributed by atoms with E-state index in [-0.39, 0.29) is 36.7 Å². The van der Waals surface area contributed by atoms with Gasteiger partial charge in [0.1, 0.15) is 18.2 Å². The quantitative estimate of drug-likeness (QED) is 0.663. The lowest BCUT2D eigenvalue weighted by atomic mass is 10.1. The van der Waals surface area contributed by atoms with Crippen molar-refractivity contribution >= 4 is 17.5 Å². The third-order valence-corrected chi connectivity index (χ3v) is 3.93. The molecule has 0 bridgehead atoms. The Morgan fingerprint density at radius 1 is 1.11 bits per heavy atom. The molecule has 6 nitrogen and oxygen atoms in total. The van der Waals surface area contributed by atoms with Crippen molar-refractivity contribution in [3.63, 3.8) is 0 Å². The van der Waals surface area contributed by atoms with Crippen molar-refractivity contribution in [1.82, 2.24) is 5.32 Å². The minimum absolute atomic E-state index is 0.00929. The fourth-order valence-electron chi connectivity index (χ4n) is 2.20. The first-order valence-electron chi connectivity index (χ1n) is 8.66. The van der Waals surface area contributed by atoms with Gasteiger partial charge in [-0.3, -0.25) is 9.59 Å². The first-order valence-corrected chi connectivity index (χ1v) is 8.66. The summed E-state index contributed by atoms with van der Waals surface area (Å²) >= 11 is 0. The van der Waals surface area contributed by atoms with E-state index < -0.39 is 6.04 Å². The van der Waals surface area contributed by atoms with Crippen molar-refractivity contribution in [2.45, 2.75) is 26.5 Å². The number of anilines is 1. The van der Waals surface area contributed by atoms with Gasteiger partial charge in [-0.25, -0.2) is 4.39 Å². The van der Waals surface area contributed by atoms with Gasteiger partial charge >= 0.3 is 0 Å². The number of hydrogen-bond donors (Lipinski definition) is 3. The Morgan fingerprint density at radius 2 is 1.78 bits per heavy atom. The maximum absolute atomic E-state index is 13.6. The molecular weight excluding hydrogens is 349 g/mol. The van der Waals surface area contributed by atoms with Gasteiger partial charge in [0, 0.05) is 11.3 Å². The molecule has 144 valence electrons. The van der Waals surface area contributed by atoms with E-state index in [1.165, 1.54) is 6.07 Å². The van der Waals surface area contributed by atoms with Crippen LogP contribution < -0.4 is 21.1 Å². The van der Waals surface area contributed by atoms with Crippen LogP contribution in [0.1, 0.15) is 19.4 Å². The average molecular weight is 373 g/mol. The summed E-state index contributed by atoms with van der Waals surface area (Å²) < 4.78 is 19.1. The first-order chi connectivity index (χ1) is 12.9. The number of benzene rings is 2. The molecular formula is C20H24FN3O3. The molecule has 0 saturated carbocycles. The number of rotatable bonds is 8. The Labute approximate surface area is 157 Å². The fraction of sp³-hybridized carbons (Fsp3) is 0.300. The predicted molar refractivity (Wildman–Crippen MR) is 102 cm³/mol. The van der Waals surface area contributed by atoms with Crippen LogP contribution in [-0.2, 0) is 16.2 Å². The summed E-state index contributed by atoms with van der Waals surface area (Å²) in [7, 11) is 0. The van der Waals surface area contributed by atoms with Gasteiger partial charge in [0.2, 0.25) is 11.8 Å². The summed E-state index contributed by atoms with van der Waals surface area (Å²) in [5.41, 5.74) is 6.73. The molecule has 0 aromatic heterocycles. The monoisotopic (exact) mass is 373 g/mol. The van der Waals surface area contributed by atoms with Crippen LogP contribution in [0, 0.1) is 11.7 Å². The number of ether oxygens (including phenoxy) is 1. The van der Waals surface area contributed by atoms with Crippen LogP contribution >= 0.6 is 0 Å². The first kappa shape index (κ1) is 20.4. The summed E-state index contributed by atoms with van der Waals surface area (Å²) in [5.74, 6) is -0.505. The van der Waals surface area contributed by atoms with Crippen molar-refractivity contribution in [3.8, 4) is 5.75 Å². The maximum atomic E-state index is 13.6. The summed E-state index contributed by atoms with van der Waals surface area (Å²) in [6, 6.07) is 12.4. The molecule has 0 saturated heterocycles. The molecule has 4 N–H and O–H groups in total. The van der Waals surface area contributed by atoms with E-state index in [9.17, 15) is 14.0 Å². The van der Waals surface area contributed by atoms with E-state index in [0.29, 0.717) is 17.0 Å². The van der Waals surface area contributed by atoms with Gasteiger partial charge in [-0.2, -0.15) is 0 Å². The lowest BCUT2D eigenvalue weighted by molar-refractivity contribution is -0.125. The summed E-state index contributed by atoms with van der Waals surface area (Å²) in [6.45, 7) is 3.62. The van der Waals surface area contributed by atoms with E-state index in [1.807, 2.05) is 13.8 Å². The van der Waals surface area contributed by atoms with Gasteiger partial charge in [-0.1, -0.05) is 32.0 Å². The fourth-order valence-corrected chi connectivity index (χ4v) is 2.20. The molecule has 0 aliphatic rings. The van der Waals surface area contributed by atoms with Gasteiger partial charge < -0.3 is 21.1 Å². The Balaban J connectivity index is 1.80. The Hall–Kier alpha value is -2.93.